The van der Waals surface area contributed by atoms with E-state index in [0.29, 0.717) is 47.4 Å². The largest absolute Gasteiger partial charge is 0.493 e. The molecule has 1 heterocycles. The highest BCUT2D eigenvalue weighted by atomic mass is 127. The molecule has 0 unspecified atom stereocenters. The predicted octanol–water partition coefficient (Wildman–Crippen LogP) is 6.98. The molecule has 0 aliphatic rings. The lowest BCUT2D eigenvalue weighted by atomic mass is 10.1. The predicted molar refractivity (Wildman–Crippen MR) is 144 cm³/mol. The van der Waals surface area contributed by atoms with Crippen LogP contribution in [0.3, 0.4) is 0 Å². The van der Waals surface area contributed by atoms with Crippen molar-refractivity contribution in [3.63, 3.8) is 0 Å². The van der Waals surface area contributed by atoms with E-state index in [-0.39, 0.29) is 0 Å². The van der Waals surface area contributed by atoms with E-state index in [1.54, 1.807) is 33.3 Å². The molecular weight excluding hydrogens is 559 g/mol. The number of furan rings is 1. The summed E-state index contributed by atoms with van der Waals surface area (Å²) >= 11 is 2.21. The summed E-state index contributed by atoms with van der Waals surface area (Å²) in [6, 6.07) is 19.1. The molecule has 0 N–H and O–H groups in total. The van der Waals surface area contributed by atoms with Crippen LogP contribution in [0.15, 0.2) is 65.1 Å². The van der Waals surface area contributed by atoms with Gasteiger partial charge in [-0.15, -0.1) is 0 Å². The number of rotatable bonds is 9. The highest BCUT2D eigenvalue weighted by Crippen LogP contribution is 2.36. The lowest BCUT2D eigenvalue weighted by molar-refractivity contribution is 0.0526. The Kier molecular flexibility index (Phi) is 7.97. The molecule has 0 bridgehead atoms. The zero-order chi connectivity index (χ0) is 24.8. The number of benzene rings is 3. The molecule has 0 radical (unpaired) electrons. The van der Waals surface area contributed by atoms with E-state index in [1.165, 1.54) is 0 Å². The van der Waals surface area contributed by atoms with E-state index in [0.717, 1.165) is 20.1 Å². The van der Waals surface area contributed by atoms with Gasteiger partial charge in [0, 0.05) is 5.39 Å². The monoisotopic (exact) mass is 584 g/mol. The molecule has 0 atom stereocenters. The molecule has 35 heavy (non-hydrogen) atoms. The van der Waals surface area contributed by atoms with Gasteiger partial charge in [0.05, 0.1) is 30.0 Å². The quantitative estimate of drug-likeness (QED) is 0.156. The van der Waals surface area contributed by atoms with Crippen molar-refractivity contribution in [3.05, 3.63) is 86.7 Å². The molecule has 4 aromatic rings. The number of methoxy groups -OCH3 is 2. The Morgan fingerprint density at radius 2 is 1.71 bits per heavy atom. The second kappa shape index (κ2) is 11.3. The van der Waals surface area contributed by atoms with E-state index < -0.39 is 5.97 Å². The summed E-state index contributed by atoms with van der Waals surface area (Å²) in [7, 11) is 3.16. The first-order valence-corrected chi connectivity index (χ1v) is 12.1. The fourth-order valence-corrected chi connectivity index (χ4v) is 4.25. The Balaban J connectivity index is 1.59. The van der Waals surface area contributed by atoms with Crippen LogP contribution < -0.4 is 14.2 Å². The first kappa shape index (κ1) is 24.7. The summed E-state index contributed by atoms with van der Waals surface area (Å²) < 4.78 is 29.0. The van der Waals surface area contributed by atoms with Crippen LogP contribution in [0, 0.1) is 3.57 Å². The van der Waals surface area contributed by atoms with Crippen molar-refractivity contribution in [1.82, 2.24) is 0 Å². The maximum absolute atomic E-state index is 12.3. The topological polar surface area (TPSA) is 67.1 Å². The standard InChI is InChI=1S/C28H25IO6/c1-4-33-28(30)20-15-21-26(29)23(35-27(21)25(16-20)32-3)13-11-18-10-12-22(24(14-18)31-2)34-17-19-8-6-5-7-9-19/h5-16H,4,17H2,1-3H3. The summed E-state index contributed by atoms with van der Waals surface area (Å²) in [5.41, 5.74) is 3.00. The van der Waals surface area contributed by atoms with Crippen LogP contribution in [0.2, 0.25) is 0 Å². The van der Waals surface area contributed by atoms with Gasteiger partial charge in [0.15, 0.2) is 22.8 Å². The van der Waals surface area contributed by atoms with E-state index in [9.17, 15) is 4.79 Å². The van der Waals surface area contributed by atoms with Gasteiger partial charge in [-0.1, -0.05) is 42.5 Å². The average Bonchev–Trinajstić information content (AvgIpc) is 3.21. The van der Waals surface area contributed by atoms with Gasteiger partial charge in [0.2, 0.25) is 0 Å². The third-order valence-corrected chi connectivity index (χ3v) is 6.42. The number of hydrogen-bond acceptors (Lipinski definition) is 6. The number of esters is 1. The molecule has 180 valence electrons. The number of ether oxygens (including phenoxy) is 4. The minimum Gasteiger partial charge on any atom is -0.493 e. The highest BCUT2D eigenvalue weighted by molar-refractivity contribution is 14.1. The highest BCUT2D eigenvalue weighted by Gasteiger charge is 2.19. The van der Waals surface area contributed by atoms with Gasteiger partial charge in [-0.3, -0.25) is 0 Å². The molecule has 0 aliphatic heterocycles. The third kappa shape index (κ3) is 5.62. The lowest BCUT2D eigenvalue weighted by Gasteiger charge is -2.11. The van der Waals surface area contributed by atoms with E-state index in [2.05, 4.69) is 22.6 Å². The SMILES string of the molecule is CCOC(=O)c1cc(OC)c2oc(C=Cc3ccc(OCc4ccccc4)c(OC)c3)c(I)c2c1. The molecule has 4 rings (SSSR count). The smallest absolute Gasteiger partial charge is 0.338 e. The average molecular weight is 584 g/mol. The second-order valence-corrected chi connectivity index (χ2v) is 8.65. The fraction of sp³-hybridized carbons (Fsp3) is 0.179. The van der Waals surface area contributed by atoms with Crippen LogP contribution in [0.1, 0.15) is 34.2 Å². The Labute approximate surface area is 217 Å². The molecule has 1 aromatic heterocycles. The van der Waals surface area contributed by atoms with Crippen molar-refractivity contribution in [2.75, 3.05) is 20.8 Å². The number of fused-ring (bicyclic) bond motifs is 1. The zero-order valence-electron chi connectivity index (χ0n) is 19.7. The maximum Gasteiger partial charge on any atom is 0.338 e. The van der Waals surface area contributed by atoms with Gasteiger partial charge in [0.25, 0.3) is 0 Å². The van der Waals surface area contributed by atoms with Crippen molar-refractivity contribution >= 4 is 51.7 Å². The molecule has 7 heteroatoms. The zero-order valence-corrected chi connectivity index (χ0v) is 21.8. The van der Waals surface area contributed by atoms with Crippen LogP contribution in [-0.4, -0.2) is 26.8 Å². The van der Waals surface area contributed by atoms with Gasteiger partial charge < -0.3 is 23.4 Å². The summed E-state index contributed by atoms with van der Waals surface area (Å²) in [6.07, 6.45) is 3.81. The Hall–Kier alpha value is -3.46. The minimum absolute atomic E-state index is 0.301. The molecular formula is C28H25IO6. The first-order valence-electron chi connectivity index (χ1n) is 11.0. The van der Waals surface area contributed by atoms with Gasteiger partial charge in [-0.05, 0) is 71.0 Å². The van der Waals surface area contributed by atoms with Crippen LogP contribution in [0.4, 0.5) is 0 Å². The maximum atomic E-state index is 12.3. The van der Waals surface area contributed by atoms with E-state index in [1.807, 2.05) is 60.7 Å². The molecule has 0 saturated heterocycles. The van der Waals surface area contributed by atoms with E-state index >= 15 is 0 Å². The number of carbonyl (C=O) groups is 1. The number of hydrogen-bond donors (Lipinski definition) is 0. The summed E-state index contributed by atoms with van der Waals surface area (Å²) in [5, 5.41) is 0.787. The molecule has 0 aliphatic carbocycles. The molecule has 0 spiro atoms. The normalized spacial score (nSPS) is 11.1. The van der Waals surface area contributed by atoms with Gasteiger partial charge in [0.1, 0.15) is 12.4 Å². The summed E-state index contributed by atoms with van der Waals surface area (Å²) in [4.78, 5) is 12.3. The van der Waals surface area contributed by atoms with Gasteiger partial charge >= 0.3 is 5.97 Å². The van der Waals surface area contributed by atoms with Gasteiger partial charge in [-0.2, -0.15) is 0 Å². The number of carbonyl (C=O) groups excluding carboxylic acids is 1. The van der Waals surface area contributed by atoms with E-state index in [4.69, 9.17) is 23.4 Å². The summed E-state index contributed by atoms with van der Waals surface area (Å²) in [5.74, 6) is 2.04. The van der Waals surface area contributed by atoms with Crippen molar-refractivity contribution in [1.29, 1.82) is 0 Å². The Bertz CT molecular complexity index is 1360. The molecule has 6 nitrogen and oxygen atoms in total. The summed E-state index contributed by atoms with van der Waals surface area (Å²) in [6.45, 7) is 2.53. The Morgan fingerprint density at radius 1 is 0.943 bits per heavy atom. The van der Waals surface area contributed by atoms with Crippen LogP contribution in [-0.2, 0) is 11.3 Å². The van der Waals surface area contributed by atoms with Crippen molar-refractivity contribution in [2.24, 2.45) is 0 Å². The molecule has 0 fully saturated rings. The molecule has 0 saturated carbocycles. The van der Waals surface area contributed by atoms with Crippen molar-refractivity contribution in [2.45, 2.75) is 13.5 Å². The molecule has 0 amide bonds. The van der Waals surface area contributed by atoms with Crippen LogP contribution in [0.25, 0.3) is 23.1 Å². The third-order valence-electron chi connectivity index (χ3n) is 5.30. The number of halogens is 1. The Morgan fingerprint density at radius 3 is 2.43 bits per heavy atom. The lowest BCUT2D eigenvalue weighted by Crippen LogP contribution is -2.04. The molecule has 3 aromatic carbocycles. The van der Waals surface area contributed by atoms with Crippen LogP contribution >= 0.6 is 22.6 Å². The fourth-order valence-electron chi connectivity index (χ4n) is 3.56. The minimum atomic E-state index is -0.400. The second-order valence-electron chi connectivity index (χ2n) is 7.57. The van der Waals surface area contributed by atoms with Crippen molar-refractivity contribution in [3.8, 4) is 17.2 Å². The first-order chi connectivity index (χ1) is 17.0. The van der Waals surface area contributed by atoms with Crippen molar-refractivity contribution < 1.29 is 28.2 Å². The van der Waals surface area contributed by atoms with Gasteiger partial charge in [-0.25, -0.2) is 4.79 Å². The van der Waals surface area contributed by atoms with Crippen LogP contribution in [0.5, 0.6) is 17.2 Å².